The lowest BCUT2D eigenvalue weighted by atomic mass is 9.94. The molecule has 0 radical (unpaired) electrons. The number of amides is 1. The fourth-order valence-corrected chi connectivity index (χ4v) is 5.71. The van der Waals surface area contributed by atoms with Crippen LogP contribution in [0, 0.1) is 6.92 Å². The van der Waals surface area contributed by atoms with Gasteiger partial charge in [0, 0.05) is 12.0 Å². The minimum Gasteiger partial charge on any atom is -0.507 e. The molecule has 1 N–H and O–H groups in total. The van der Waals surface area contributed by atoms with E-state index in [1.165, 1.54) is 12.0 Å². The number of carbonyl (C=O) groups excluding carboxylic acids is 3. The number of benzene rings is 2. The number of aliphatic hydroxyl groups is 1. The van der Waals surface area contributed by atoms with E-state index in [9.17, 15) is 19.5 Å². The predicted octanol–water partition coefficient (Wildman–Crippen LogP) is 4.59. The van der Waals surface area contributed by atoms with Crippen molar-refractivity contribution in [1.82, 2.24) is 4.98 Å². The summed E-state index contributed by atoms with van der Waals surface area (Å²) >= 11 is 0.965. The second-order valence-corrected chi connectivity index (χ2v) is 10.0. The fraction of sp³-hybridized carbons (Fsp3) is 0.286. The van der Waals surface area contributed by atoms with Gasteiger partial charge in [-0.1, -0.05) is 23.5 Å². The van der Waals surface area contributed by atoms with Crippen LogP contribution in [0.2, 0.25) is 0 Å². The molecule has 1 aromatic heterocycles. The molecule has 1 fully saturated rings. The quantitative estimate of drug-likeness (QED) is 0.211. The third-order valence-corrected chi connectivity index (χ3v) is 7.63. The molecule has 0 saturated carbocycles. The zero-order chi connectivity index (χ0) is 27.1. The van der Waals surface area contributed by atoms with Crippen molar-refractivity contribution < 1.29 is 33.7 Å². The van der Waals surface area contributed by atoms with E-state index in [0.29, 0.717) is 29.0 Å². The van der Waals surface area contributed by atoms with E-state index >= 15 is 0 Å². The van der Waals surface area contributed by atoms with Crippen LogP contribution in [-0.2, 0) is 20.7 Å². The Morgan fingerprint density at radius 2 is 1.95 bits per heavy atom. The number of aryl methyl sites for hydroxylation is 1. The van der Waals surface area contributed by atoms with Gasteiger partial charge in [0.05, 0.1) is 31.0 Å². The highest BCUT2D eigenvalue weighted by Crippen LogP contribution is 2.44. The van der Waals surface area contributed by atoms with E-state index in [1.807, 2.05) is 6.92 Å². The number of hydrogen-bond acceptors (Lipinski definition) is 9. The van der Waals surface area contributed by atoms with Crippen molar-refractivity contribution >= 4 is 39.9 Å². The van der Waals surface area contributed by atoms with Crippen LogP contribution in [0.3, 0.4) is 0 Å². The molecule has 0 aliphatic carbocycles. The Morgan fingerprint density at radius 3 is 2.63 bits per heavy atom. The number of anilines is 1. The molecule has 10 heteroatoms. The van der Waals surface area contributed by atoms with E-state index < -0.39 is 23.7 Å². The molecule has 38 heavy (non-hydrogen) atoms. The first-order chi connectivity index (χ1) is 18.2. The molecular formula is C28H26N2O7S. The van der Waals surface area contributed by atoms with Gasteiger partial charge in [-0.15, -0.1) is 0 Å². The molecule has 3 aromatic rings. The van der Waals surface area contributed by atoms with Gasteiger partial charge in [-0.3, -0.25) is 14.5 Å². The van der Waals surface area contributed by atoms with Crippen LogP contribution in [0.1, 0.15) is 51.9 Å². The molecule has 0 bridgehead atoms. The zero-order valence-corrected chi connectivity index (χ0v) is 22.1. The molecule has 5 rings (SSSR count). The van der Waals surface area contributed by atoms with Crippen molar-refractivity contribution in [1.29, 1.82) is 0 Å². The molecule has 3 heterocycles. The number of fused-ring (bicyclic) bond motifs is 1. The first-order valence-corrected chi connectivity index (χ1v) is 12.9. The molecule has 9 nitrogen and oxygen atoms in total. The predicted molar refractivity (Wildman–Crippen MR) is 141 cm³/mol. The van der Waals surface area contributed by atoms with E-state index in [0.717, 1.165) is 22.6 Å². The number of aliphatic hydroxyl groups excluding tert-OH is 1. The van der Waals surface area contributed by atoms with Crippen molar-refractivity contribution in [2.75, 3.05) is 18.6 Å². The Bertz CT molecular complexity index is 1470. The number of Topliss-reactive ketones (excluding diaryl/α,β-unsaturated/α-hetero) is 1. The lowest BCUT2D eigenvalue weighted by Gasteiger charge is -2.23. The van der Waals surface area contributed by atoms with Gasteiger partial charge in [0.25, 0.3) is 5.78 Å². The van der Waals surface area contributed by atoms with Crippen LogP contribution in [0.5, 0.6) is 11.5 Å². The van der Waals surface area contributed by atoms with Gasteiger partial charge < -0.3 is 19.3 Å². The summed E-state index contributed by atoms with van der Waals surface area (Å²) in [5.74, 6) is -1.23. The van der Waals surface area contributed by atoms with Gasteiger partial charge in [-0.05, 0) is 62.2 Å². The summed E-state index contributed by atoms with van der Waals surface area (Å²) in [4.78, 5) is 45.2. The topological polar surface area (TPSA) is 115 Å². The molecule has 196 valence electrons. The molecule has 0 spiro atoms. The van der Waals surface area contributed by atoms with Crippen LogP contribution < -0.4 is 14.4 Å². The van der Waals surface area contributed by atoms with Crippen LogP contribution in [0.4, 0.5) is 5.13 Å². The Balaban J connectivity index is 1.66. The summed E-state index contributed by atoms with van der Waals surface area (Å²) in [6, 6.07) is 11.1. The largest absolute Gasteiger partial charge is 0.507 e. The third kappa shape index (κ3) is 4.30. The highest BCUT2D eigenvalue weighted by atomic mass is 32.1. The highest BCUT2D eigenvalue weighted by molar-refractivity contribution is 7.17. The third-order valence-electron chi connectivity index (χ3n) is 6.50. The minimum atomic E-state index is -0.982. The Labute approximate surface area is 223 Å². The second-order valence-electron chi connectivity index (χ2n) is 9.03. The number of carbonyl (C=O) groups is 3. The zero-order valence-electron chi connectivity index (χ0n) is 21.3. The van der Waals surface area contributed by atoms with Crippen LogP contribution in [0.15, 0.2) is 48.0 Å². The lowest BCUT2D eigenvalue weighted by Crippen LogP contribution is -2.29. The van der Waals surface area contributed by atoms with Crippen LogP contribution >= 0.6 is 11.3 Å². The summed E-state index contributed by atoms with van der Waals surface area (Å²) in [5, 5.41) is 11.6. The van der Waals surface area contributed by atoms with E-state index in [1.54, 1.807) is 56.3 Å². The number of ketones is 1. The van der Waals surface area contributed by atoms with Crippen molar-refractivity contribution in [3.05, 3.63) is 75.3 Å². The monoisotopic (exact) mass is 534 g/mol. The maximum atomic E-state index is 13.5. The highest BCUT2D eigenvalue weighted by Gasteiger charge is 2.48. The number of esters is 1. The van der Waals surface area contributed by atoms with Gasteiger partial charge in [0.15, 0.2) is 5.13 Å². The van der Waals surface area contributed by atoms with Crippen molar-refractivity contribution in [2.45, 2.75) is 39.3 Å². The number of thiazole rings is 1. The summed E-state index contributed by atoms with van der Waals surface area (Å²) < 4.78 is 16.1. The molecule has 2 aliphatic rings. The molecule has 2 aliphatic heterocycles. The Kier molecular flexibility index (Phi) is 6.66. The van der Waals surface area contributed by atoms with Crippen LogP contribution in [0.25, 0.3) is 5.76 Å². The first kappa shape index (κ1) is 25.5. The number of methoxy groups -OCH3 is 1. The molecular weight excluding hydrogens is 508 g/mol. The number of aromatic nitrogens is 1. The van der Waals surface area contributed by atoms with Gasteiger partial charge >= 0.3 is 11.9 Å². The Hall–Kier alpha value is -4.18. The van der Waals surface area contributed by atoms with Gasteiger partial charge in [-0.25, -0.2) is 9.78 Å². The maximum absolute atomic E-state index is 13.5. The average Bonchev–Trinajstić information content (AvgIpc) is 3.55. The summed E-state index contributed by atoms with van der Waals surface area (Å²) in [5.41, 5.74) is 2.19. The van der Waals surface area contributed by atoms with E-state index in [2.05, 4.69) is 4.98 Å². The summed E-state index contributed by atoms with van der Waals surface area (Å²) in [6.07, 6.45) is 0.677. The first-order valence-electron chi connectivity index (χ1n) is 12.1. The molecule has 1 saturated heterocycles. The molecule has 2 aromatic carbocycles. The fourth-order valence-electron chi connectivity index (χ4n) is 4.73. The van der Waals surface area contributed by atoms with Crippen molar-refractivity contribution in [3.8, 4) is 11.5 Å². The van der Waals surface area contributed by atoms with E-state index in [-0.39, 0.29) is 34.1 Å². The lowest BCUT2D eigenvalue weighted by molar-refractivity contribution is -0.132. The summed E-state index contributed by atoms with van der Waals surface area (Å²) in [7, 11) is 1.54. The van der Waals surface area contributed by atoms with Gasteiger partial charge in [0.1, 0.15) is 28.2 Å². The van der Waals surface area contributed by atoms with Crippen molar-refractivity contribution in [2.24, 2.45) is 0 Å². The second kappa shape index (κ2) is 9.94. The number of nitrogens with zero attached hydrogens (tertiary/aromatic N) is 2. The maximum Gasteiger partial charge on any atom is 0.350 e. The molecule has 2 atom stereocenters. The van der Waals surface area contributed by atoms with Crippen LogP contribution in [-0.4, -0.2) is 47.6 Å². The van der Waals surface area contributed by atoms with E-state index in [4.69, 9.17) is 14.2 Å². The van der Waals surface area contributed by atoms with Crippen molar-refractivity contribution in [3.63, 3.8) is 0 Å². The number of rotatable bonds is 6. The number of ether oxygens (including phenoxy) is 3. The number of hydrogen-bond donors (Lipinski definition) is 1. The molecule has 2 unspecified atom stereocenters. The van der Waals surface area contributed by atoms with Gasteiger partial charge in [0.2, 0.25) is 0 Å². The molecule has 1 amide bonds. The average molecular weight is 535 g/mol. The normalized spacial score (nSPS) is 19.8. The SMILES string of the molecule is CCOC(=O)c1sc(N2C(=O)C(=O)/C(=C(/O)c3ccc4c(c3)CC(C)O4)C2c2ccc(OC)cc2)nc1C. The smallest absolute Gasteiger partial charge is 0.350 e. The summed E-state index contributed by atoms with van der Waals surface area (Å²) in [6.45, 7) is 5.48. The standard InChI is InChI=1S/C28H26N2O7S/c1-5-36-27(34)25-15(3)29-28(38-25)30-22(16-6-9-19(35-4)10-7-16)21(24(32)26(30)33)23(31)17-8-11-20-18(13-17)12-14(2)37-20/h6-11,13-14,22,31H,5,12H2,1-4H3/b23-21+. The Morgan fingerprint density at radius 1 is 1.21 bits per heavy atom. The van der Waals surface area contributed by atoms with Gasteiger partial charge in [-0.2, -0.15) is 0 Å². The minimum absolute atomic E-state index is 0.00834.